The van der Waals surface area contributed by atoms with Crippen LogP contribution in [0.15, 0.2) is 28.7 Å². The molecule has 98 valence electrons. The number of rotatable bonds is 2. The molecular formula is C15H14BrNOS. The van der Waals surface area contributed by atoms with Gasteiger partial charge in [-0.2, -0.15) is 0 Å². The highest BCUT2D eigenvalue weighted by Crippen LogP contribution is 2.32. The van der Waals surface area contributed by atoms with Crippen LogP contribution in [0.4, 0.5) is 5.69 Å². The molecule has 2 aromatic rings. The SMILES string of the molecule is Cc1cccc(NC(=O)c2cc3c(s2)CCC3)c1Br. The zero-order valence-electron chi connectivity index (χ0n) is 10.6. The molecule has 3 rings (SSSR count). The first-order valence-corrected chi connectivity index (χ1v) is 7.94. The predicted molar refractivity (Wildman–Crippen MR) is 83.2 cm³/mol. The Bertz CT molecular complexity index is 626. The molecule has 1 heterocycles. The van der Waals surface area contributed by atoms with E-state index in [-0.39, 0.29) is 5.91 Å². The van der Waals surface area contributed by atoms with Crippen LogP contribution in [0.2, 0.25) is 0 Å². The Morgan fingerprint density at radius 2 is 2.21 bits per heavy atom. The highest BCUT2D eigenvalue weighted by molar-refractivity contribution is 9.10. The fourth-order valence-electron chi connectivity index (χ4n) is 2.37. The Hall–Kier alpha value is -1.13. The maximum atomic E-state index is 12.3. The number of halogens is 1. The van der Waals surface area contributed by atoms with Gasteiger partial charge in [-0.05, 0) is 65.4 Å². The number of hydrogen-bond donors (Lipinski definition) is 1. The second-order valence-corrected chi connectivity index (χ2v) is 6.73. The molecule has 0 aliphatic heterocycles. The number of thiophene rings is 1. The van der Waals surface area contributed by atoms with E-state index in [9.17, 15) is 4.79 Å². The zero-order chi connectivity index (χ0) is 13.4. The van der Waals surface area contributed by atoms with E-state index in [1.54, 1.807) is 11.3 Å². The van der Waals surface area contributed by atoms with Gasteiger partial charge in [0.25, 0.3) is 5.91 Å². The quantitative estimate of drug-likeness (QED) is 0.856. The van der Waals surface area contributed by atoms with Gasteiger partial charge >= 0.3 is 0 Å². The van der Waals surface area contributed by atoms with Gasteiger partial charge in [0.2, 0.25) is 0 Å². The first-order valence-electron chi connectivity index (χ1n) is 6.33. The summed E-state index contributed by atoms with van der Waals surface area (Å²) in [7, 11) is 0. The maximum absolute atomic E-state index is 12.3. The first-order chi connectivity index (χ1) is 9.15. The van der Waals surface area contributed by atoms with E-state index >= 15 is 0 Å². The molecule has 4 heteroatoms. The minimum Gasteiger partial charge on any atom is -0.320 e. The third kappa shape index (κ3) is 2.47. The molecule has 19 heavy (non-hydrogen) atoms. The van der Waals surface area contributed by atoms with Gasteiger partial charge in [-0.1, -0.05) is 12.1 Å². The number of carbonyl (C=O) groups excluding carboxylic acids is 1. The Morgan fingerprint density at radius 3 is 3.00 bits per heavy atom. The van der Waals surface area contributed by atoms with Crippen LogP contribution in [0.1, 0.15) is 32.1 Å². The van der Waals surface area contributed by atoms with E-state index < -0.39 is 0 Å². The molecule has 0 saturated carbocycles. The largest absolute Gasteiger partial charge is 0.320 e. The minimum absolute atomic E-state index is 0.00861. The summed E-state index contributed by atoms with van der Waals surface area (Å²) in [6, 6.07) is 7.92. The molecule has 0 saturated heterocycles. The average molecular weight is 336 g/mol. The van der Waals surface area contributed by atoms with Gasteiger partial charge in [-0.3, -0.25) is 4.79 Å². The summed E-state index contributed by atoms with van der Waals surface area (Å²) in [5, 5.41) is 2.98. The van der Waals surface area contributed by atoms with Crippen LogP contribution in [-0.2, 0) is 12.8 Å². The number of carbonyl (C=O) groups is 1. The average Bonchev–Trinajstić information content (AvgIpc) is 2.95. The number of hydrogen-bond acceptors (Lipinski definition) is 2. The van der Waals surface area contributed by atoms with Crippen LogP contribution in [0.25, 0.3) is 0 Å². The van der Waals surface area contributed by atoms with E-state index in [1.165, 1.54) is 16.9 Å². The summed E-state index contributed by atoms with van der Waals surface area (Å²) >= 11 is 5.15. The third-order valence-corrected chi connectivity index (χ3v) is 5.70. The number of amides is 1. The molecule has 0 atom stereocenters. The molecule has 1 N–H and O–H groups in total. The molecule has 1 aliphatic rings. The summed E-state index contributed by atoms with van der Waals surface area (Å²) < 4.78 is 0.951. The molecule has 0 unspecified atom stereocenters. The van der Waals surface area contributed by atoms with Crippen molar-refractivity contribution in [1.29, 1.82) is 0 Å². The van der Waals surface area contributed by atoms with Crippen molar-refractivity contribution >= 4 is 38.9 Å². The Balaban J connectivity index is 1.82. The van der Waals surface area contributed by atoms with Crippen molar-refractivity contribution in [3.8, 4) is 0 Å². The second kappa shape index (κ2) is 5.10. The Kier molecular flexibility index (Phi) is 3.46. The van der Waals surface area contributed by atoms with E-state index in [0.717, 1.165) is 33.4 Å². The lowest BCUT2D eigenvalue weighted by Gasteiger charge is -2.08. The molecule has 0 radical (unpaired) electrons. The smallest absolute Gasteiger partial charge is 0.265 e. The molecule has 1 aromatic carbocycles. The van der Waals surface area contributed by atoms with Crippen LogP contribution in [0.5, 0.6) is 0 Å². The molecule has 1 aromatic heterocycles. The summed E-state index contributed by atoms with van der Waals surface area (Å²) in [6.45, 7) is 2.01. The zero-order valence-corrected chi connectivity index (χ0v) is 13.0. The van der Waals surface area contributed by atoms with Crippen molar-refractivity contribution < 1.29 is 4.79 Å². The molecule has 0 bridgehead atoms. The van der Waals surface area contributed by atoms with Crippen LogP contribution in [0, 0.1) is 6.92 Å². The van der Waals surface area contributed by atoms with Crippen LogP contribution in [0.3, 0.4) is 0 Å². The Morgan fingerprint density at radius 1 is 1.37 bits per heavy atom. The standard InChI is InChI=1S/C15H14BrNOS/c1-9-4-2-6-11(14(9)16)17-15(18)13-8-10-5-3-7-12(10)19-13/h2,4,6,8H,3,5,7H2,1H3,(H,17,18). The van der Waals surface area contributed by atoms with Gasteiger partial charge < -0.3 is 5.32 Å². The lowest BCUT2D eigenvalue weighted by Crippen LogP contribution is -2.10. The third-order valence-electron chi connectivity index (χ3n) is 3.41. The Labute approximate surface area is 125 Å². The highest BCUT2D eigenvalue weighted by atomic mass is 79.9. The summed E-state index contributed by atoms with van der Waals surface area (Å²) in [5.41, 5.74) is 3.31. The number of anilines is 1. The molecule has 1 amide bonds. The van der Waals surface area contributed by atoms with E-state index in [4.69, 9.17) is 0 Å². The molecule has 0 fully saturated rings. The topological polar surface area (TPSA) is 29.1 Å². The second-order valence-electron chi connectivity index (χ2n) is 4.80. The van der Waals surface area contributed by atoms with Crippen molar-refractivity contribution in [2.75, 3.05) is 5.32 Å². The fraction of sp³-hybridized carbons (Fsp3) is 0.267. The molecule has 2 nitrogen and oxygen atoms in total. The number of nitrogens with one attached hydrogen (secondary N) is 1. The van der Waals surface area contributed by atoms with Crippen LogP contribution < -0.4 is 5.32 Å². The van der Waals surface area contributed by atoms with E-state index in [0.29, 0.717) is 0 Å². The first kappa shape index (κ1) is 12.9. The molecule has 1 aliphatic carbocycles. The highest BCUT2D eigenvalue weighted by Gasteiger charge is 2.19. The molecule has 0 spiro atoms. The predicted octanol–water partition coefficient (Wildman–Crippen LogP) is 4.56. The summed E-state index contributed by atoms with van der Waals surface area (Å²) in [5.74, 6) is -0.00861. The van der Waals surface area contributed by atoms with Gasteiger partial charge in [-0.25, -0.2) is 0 Å². The summed E-state index contributed by atoms with van der Waals surface area (Å²) in [4.78, 5) is 14.5. The number of fused-ring (bicyclic) bond motifs is 1. The van der Waals surface area contributed by atoms with Gasteiger partial charge in [0, 0.05) is 9.35 Å². The van der Waals surface area contributed by atoms with Gasteiger partial charge in [0.1, 0.15) is 0 Å². The summed E-state index contributed by atoms with van der Waals surface area (Å²) in [6.07, 6.45) is 3.47. The normalized spacial score (nSPS) is 13.4. The van der Waals surface area contributed by atoms with Gasteiger partial charge in [0.15, 0.2) is 0 Å². The van der Waals surface area contributed by atoms with Crippen molar-refractivity contribution in [1.82, 2.24) is 0 Å². The maximum Gasteiger partial charge on any atom is 0.265 e. The van der Waals surface area contributed by atoms with Crippen molar-refractivity contribution in [3.05, 3.63) is 49.6 Å². The van der Waals surface area contributed by atoms with Crippen molar-refractivity contribution in [2.24, 2.45) is 0 Å². The number of aryl methyl sites for hydroxylation is 3. The van der Waals surface area contributed by atoms with Gasteiger partial charge in [-0.15, -0.1) is 11.3 Å². The minimum atomic E-state index is -0.00861. The van der Waals surface area contributed by atoms with Crippen molar-refractivity contribution in [2.45, 2.75) is 26.2 Å². The van der Waals surface area contributed by atoms with Crippen molar-refractivity contribution in [3.63, 3.8) is 0 Å². The monoisotopic (exact) mass is 335 g/mol. The molecular weight excluding hydrogens is 322 g/mol. The van der Waals surface area contributed by atoms with Crippen LogP contribution >= 0.6 is 27.3 Å². The fourth-order valence-corrected chi connectivity index (χ4v) is 3.88. The lowest BCUT2D eigenvalue weighted by atomic mass is 10.2. The van der Waals surface area contributed by atoms with E-state index in [1.807, 2.05) is 31.2 Å². The van der Waals surface area contributed by atoms with Gasteiger partial charge in [0.05, 0.1) is 10.6 Å². The van der Waals surface area contributed by atoms with E-state index in [2.05, 4.69) is 21.2 Å². The van der Waals surface area contributed by atoms with Crippen LogP contribution in [-0.4, -0.2) is 5.91 Å². The lowest BCUT2D eigenvalue weighted by molar-refractivity contribution is 0.103. The number of benzene rings is 1.